The summed E-state index contributed by atoms with van der Waals surface area (Å²) < 4.78 is 11.4. The first-order valence-corrected chi connectivity index (χ1v) is 7.12. The van der Waals surface area contributed by atoms with Gasteiger partial charge in [-0.3, -0.25) is 4.98 Å². The molecule has 4 nitrogen and oxygen atoms in total. The second-order valence-electron chi connectivity index (χ2n) is 6.90. The van der Waals surface area contributed by atoms with Gasteiger partial charge in [-0.15, -0.1) is 0 Å². The summed E-state index contributed by atoms with van der Waals surface area (Å²) in [5, 5.41) is 3.44. The highest BCUT2D eigenvalue weighted by atomic mass is 16.5. The monoisotopic (exact) mass is 280 g/mol. The molecule has 1 aromatic rings. The van der Waals surface area contributed by atoms with Crippen molar-refractivity contribution >= 4 is 0 Å². The van der Waals surface area contributed by atoms with E-state index in [2.05, 4.69) is 31.1 Å². The highest BCUT2D eigenvalue weighted by Gasteiger charge is 2.12. The van der Waals surface area contributed by atoms with E-state index < -0.39 is 0 Å². The van der Waals surface area contributed by atoms with Crippen LogP contribution in [0, 0.1) is 0 Å². The number of nitrogens with one attached hydrogen (secondary N) is 1. The molecule has 0 atom stereocenters. The molecule has 0 radical (unpaired) electrons. The first kappa shape index (κ1) is 16.9. The molecule has 0 aliphatic heterocycles. The number of nitrogens with zero attached hydrogens (tertiary/aromatic N) is 1. The van der Waals surface area contributed by atoms with Gasteiger partial charge in [-0.05, 0) is 47.6 Å². The Hall–Kier alpha value is -1.13. The third kappa shape index (κ3) is 7.46. The minimum Gasteiger partial charge on any atom is -0.491 e. The van der Waals surface area contributed by atoms with Gasteiger partial charge in [-0.2, -0.15) is 0 Å². The summed E-state index contributed by atoms with van der Waals surface area (Å²) in [6.45, 7) is 14.4. The van der Waals surface area contributed by atoms with Gasteiger partial charge in [-0.1, -0.05) is 0 Å². The number of aromatic nitrogens is 1. The van der Waals surface area contributed by atoms with Crippen molar-refractivity contribution in [3.05, 3.63) is 24.0 Å². The van der Waals surface area contributed by atoms with Crippen molar-refractivity contribution in [3.8, 4) is 5.75 Å². The van der Waals surface area contributed by atoms with Gasteiger partial charge in [0.25, 0.3) is 0 Å². The van der Waals surface area contributed by atoms with Crippen LogP contribution in [0.3, 0.4) is 0 Å². The summed E-state index contributed by atoms with van der Waals surface area (Å²) in [6, 6.07) is 1.90. The second kappa shape index (κ2) is 7.04. The Bertz CT molecular complexity index is 406. The van der Waals surface area contributed by atoms with Gasteiger partial charge in [0, 0.05) is 30.0 Å². The molecule has 1 aromatic heterocycles. The molecule has 0 spiro atoms. The van der Waals surface area contributed by atoms with E-state index in [-0.39, 0.29) is 11.1 Å². The van der Waals surface area contributed by atoms with Gasteiger partial charge in [0.05, 0.1) is 12.2 Å². The molecule has 0 fully saturated rings. The molecule has 4 heteroatoms. The Morgan fingerprint density at radius 1 is 1.10 bits per heavy atom. The summed E-state index contributed by atoms with van der Waals surface area (Å²) in [4.78, 5) is 4.16. The Morgan fingerprint density at radius 2 is 1.80 bits per heavy atom. The largest absolute Gasteiger partial charge is 0.491 e. The number of rotatable bonds is 6. The Balaban J connectivity index is 2.49. The topological polar surface area (TPSA) is 43.4 Å². The molecule has 0 saturated heterocycles. The van der Waals surface area contributed by atoms with Crippen LogP contribution in [-0.4, -0.2) is 29.3 Å². The van der Waals surface area contributed by atoms with Gasteiger partial charge >= 0.3 is 0 Å². The van der Waals surface area contributed by atoms with Crippen LogP contribution in [0.5, 0.6) is 5.75 Å². The van der Waals surface area contributed by atoms with E-state index >= 15 is 0 Å². The molecule has 0 aliphatic rings. The molecule has 0 bridgehead atoms. The van der Waals surface area contributed by atoms with Gasteiger partial charge in [0.1, 0.15) is 12.4 Å². The van der Waals surface area contributed by atoms with Gasteiger partial charge in [0.15, 0.2) is 0 Å². The normalized spacial score (nSPS) is 12.5. The third-order valence-electron chi connectivity index (χ3n) is 2.54. The van der Waals surface area contributed by atoms with Crippen molar-refractivity contribution in [2.45, 2.75) is 59.2 Å². The van der Waals surface area contributed by atoms with E-state index in [4.69, 9.17) is 9.47 Å². The van der Waals surface area contributed by atoms with Crippen LogP contribution in [0.15, 0.2) is 18.5 Å². The van der Waals surface area contributed by atoms with Crippen LogP contribution < -0.4 is 10.1 Å². The SMILES string of the molecule is CC(C)(C)NCc1cnccc1OCCOC(C)(C)C. The highest BCUT2D eigenvalue weighted by Crippen LogP contribution is 2.17. The van der Waals surface area contributed by atoms with Crippen LogP contribution in [0.25, 0.3) is 0 Å². The van der Waals surface area contributed by atoms with Gasteiger partial charge in [-0.25, -0.2) is 0 Å². The zero-order valence-corrected chi connectivity index (χ0v) is 13.6. The standard InChI is InChI=1S/C16H28N2O2/c1-15(2,3)18-12-13-11-17-8-7-14(13)19-9-10-20-16(4,5)6/h7-8,11,18H,9-10,12H2,1-6H3. The predicted molar refractivity (Wildman–Crippen MR) is 82.0 cm³/mol. The van der Waals surface area contributed by atoms with E-state index in [1.807, 2.05) is 33.0 Å². The predicted octanol–water partition coefficient (Wildman–Crippen LogP) is 3.16. The Kier molecular flexibility index (Phi) is 5.96. The maximum atomic E-state index is 5.79. The molecular formula is C16H28N2O2. The summed E-state index contributed by atoms with van der Waals surface area (Å²) in [6.07, 6.45) is 3.60. The fourth-order valence-corrected chi connectivity index (χ4v) is 1.55. The molecule has 0 saturated carbocycles. The van der Waals surface area contributed by atoms with Crippen molar-refractivity contribution in [1.29, 1.82) is 0 Å². The number of pyridine rings is 1. The first-order chi connectivity index (χ1) is 9.17. The number of hydrogen-bond acceptors (Lipinski definition) is 4. The van der Waals surface area contributed by atoms with Crippen molar-refractivity contribution in [2.75, 3.05) is 13.2 Å². The highest BCUT2D eigenvalue weighted by molar-refractivity contribution is 5.30. The molecule has 1 N–H and O–H groups in total. The Morgan fingerprint density at radius 3 is 2.40 bits per heavy atom. The summed E-state index contributed by atoms with van der Waals surface area (Å²) in [5.41, 5.74) is 1.01. The quantitative estimate of drug-likeness (QED) is 0.813. The maximum absolute atomic E-state index is 5.79. The fraction of sp³-hybridized carbons (Fsp3) is 0.688. The van der Waals surface area contributed by atoms with Crippen LogP contribution in [0.1, 0.15) is 47.1 Å². The van der Waals surface area contributed by atoms with Crippen LogP contribution in [-0.2, 0) is 11.3 Å². The smallest absolute Gasteiger partial charge is 0.126 e. The minimum atomic E-state index is -0.127. The van der Waals surface area contributed by atoms with Crippen molar-refractivity contribution in [3.63, 3.8) is 0 Å². The average molecular weight is 280 g/mol. The van der Waals surface area contributed by atoms with E-state index in [9.17, 15) is 0 Å². The lowest BCUT2D eigenvalue weighted by atomic mass is 10.1. The zero-order chi connectivity index (χ0) is 15.2. The third-order valence-corrected chi connectivity index (χ3v) is 2.54. The van der Waals surface area contributed by atoms with Crippen molar-refractivity contribution < 1.29 is 9.47 Å². The average Bonchev–Trinajstić information content (AvgIpc) is 2.31. The molecule has 20 heavy (non-hydrogen) atoms. The molecular weight excluding hydrogens is 252 g/mol. The number of ether oxygens (including phenoxy) is 2. The summed E-state index contributed by atoms with van der Waals surface area (Å²) in [5.74, 6) is 0.870. The molecule has 0 unspecified atom stereocenters. The molecule has 114 valence electrons. The maximum Gasteiger partial charge on any atom is 0.126 e. The molecule has 0 amide bonds. The van der Waals surface area contributed by atoms with Crippen LogP contribution >= 0.6 is 0 Å². The lowest BCUT2D eigenvalue weighted by Crippen LogP contribution is -2.35. The zero-order valence-electron chi connectivity index (χ0n) is 13.6. The van der Waals surface area contributed by atoms with Crippen molar-refractivity contribution in [2.24, 2.45) is 0 Å². The minimum absolute atomic E-state index is 0.0719. The first-order valence-electron chi connectivity index (χ1n) is 7.12. The second-order valence-corrected chi connectivity index (χ2v) is 6.90. The fourth-order valence-electron chi connectivity index (χ4n) is 1.55. The molecule has 0 aliphatic carbocycles. The summed E-state index contributed by atoms with van der Waals surface area (Å²) >= 11 is 0. The lowest BCUT2D eigenvalue weighted by molar-refractivity contribution is -0.0164. The molecule has 1 heterocycles. The van der Waals surface area contributed by atoms with E-state index in [1.165, 1.54) is 0 Å². The van der Waals surface area contributed by atoms with Crippen molar-refractivity contribution in [1.82, 2.24) is 10.3 Å². The molecule has 0 aromatic carbocycles. The van der Waals surface area contributed by atoms with Crippen LogP contribution in [0.4, 0.5) is 0 Å². The summed E-state index contributed by atoms with van der Waals surface area (Å²) in [7, 11) is 0. The van der Waals surface area contributed by atoms with Gasteiger partial charge in [0.2, 0.25) is 0 Å². The van der Waals surface area contributed by atoms with E-state index in [1.54, 1.807) is 6.20 Å². The van der Waals surface area contributed by atoms with E-state index in [0.717, 1.165) is 17.9 Å². The van der Waals surface area contributed by atoms with E-state index in [0.29, 0.717) is 13.2 Å². The van der Waals surface area contributed by atoms with Gasteiger partial charge < -0.3 is 14.8 Å². The lowest BCUT2D eigenvalue weighted by Gasteiger charge is -2.22. The van der Waals surface area contributed by atoms with Crippen LogP contribution in [0.2, 0.25) is 0 Å². The Labute approximate surface area is 122 Å². The molecule has 1 rings (SSSR count). The number of hydrogen-bond donors (Lipinski definition) is 1.